The molecule has 7 nitrogen and oxygen atoms in total. The second-order valence-corrected chi connectivity index (χ2v) is 3.67. The summed E-state index contributed by atoms with van der Waals surface area (Å²) in [6.45, 7) is 0.408. The Labute approximate surface area is 93.6 Å². The van der Waals surface area contributed by atoms with Gasteiger partial charge in [-0.25, -0.2) is 0 Å². The van der Waals surface area contributed by atoms with E-state index in [1.165, 1.54) is 0 Å². The second kappa shape index (κ2) is 6.45. The lowest BCUT2D eigenvalue weighted by Gasteiger charge is -2.39. The van der Waals surface area contributed by atoms with Gasteiger partial charge < -0.3 is 35.2 Å². The molecule has 5 atom stereocenters. The van der Waals surface area contributed by atoms with E-state index in [0.717, 1.165) is 0 Å². The molecular weight excluding hydrogens is 218 g/mol. The van der Waals surface area contributed by atoms with E-state index in [-0.39, 0.29) is 0 Å². The van der Waals surface area contributed by atoms with E-state index in [1.54, 1.807) is 7.05 Å². The van der Waals surface area contributed by atoms with Crippen molar-refractivity contribution in [3.63, 3.8) is 0 Å². The maximum atomic E-state index is 9.56. The largest absolute Gasteiger partial charge is 0.394 e. The van der Waals surface area contributed by atoms with Gasteiger partial charge in [0.2, 0.25) is 0 Å². The van der Waals surface area contributed by atoms with Crippen molar-refractivity contribution in [2.45, 2.75) is 30.7 Å². The van der Waals surface area contributed by atoms with Crippen LogP contribution in [-0.4, -0.2) is 77.9 Å². The Morgan fingerprint density at radius 1 is 1.19 bits per heavy atom. The number of nitrogens with one attached hydrogen (secondary N) is 1. The fourth-order valence-corrected chi connectivity index (χ4v) is 1.48. The van der Waals surface area contributed by atoms with E-state index in [0.29, 0.717) is 13.2 Å². The summed E-state index contributed by atoms with van der Waals surface area (Å²) >= 11 is 0. The minimum absolute atomic E-state index is 0.291. The molecule has 1 fully saturated rings. The van der Waals surface area contributed by atoms with Gasteiger partial charge in [0.1, 0.15) is 24.4 Å². The number of rotatable bonds is 5. The molecule has 0 aromatic heterocycles. The third-order valence-electron chi connectivity index (χ3n) is 2.48. The molecule has 7 heteroatoms. The van der Waals surface area contributed by atoms with Crippen LogP contribution in [0.25, 0.3) is 0 Å². The summed E-state index contributed by atoms with van der Waals surface area (Å²) in [5.74, 6) is 0. The molecule has 0 amide bonds. The molecule has 0 aromatic carbocycles. The molecule has 0 saturated carbocycles. The van der Waals surface area contributed by atoms with Gasteiger partial charge in [0.15, 0.2) is 6.29 Å². The lowest BCUT2D eigenvalue weighted by atomic mass is 9.99. The maximum Gasteiger partial charge on any atom is 0.186 e. The molecule has 0 aliphatic carbocycles. The van der Waals surface area contributed by atoms with Gasteiger partial charge in [0.05, 0.1) is 13.2 Å². The van der Waals surface area contributed by atoms with Crippen molar-refractivity contribution in [3.05, 3.63) is 0 Å². The molecular formula is C9H19NO6. The summed E-state index contributed by atoms with van der Waals surface area (Å²) in [5, 5.41) is 40.2. The van der Waals surface area contributed by atoms with Crippen molar-refractivity contribution >= 4 is 0 Å². The van der Waals surface area contributed by atoms with E-state index in [2.05, 4.69) is 5.32 Å². The van der Waals surface area contributed by atoms with Gasteiger partial charge in [0, 0.05) is 6.54 Å². The first-order valence-electron chi connectivity index (χ1n) is 5.18. The summed E-state index contributed by atoms with van der Waals surface area (Å²) < 4.78 is 10.3. The highest BCUT2D eigenvalue weighted by molar-refractivity contribution is 4.88. The second-order valence-electron chi connectivity index (χ2n) is 3.67. The molecule has 1 saturated heterocycles. The fraction of sp³-hybridized carbons (Fsp3) is 1.00. The Morgan fingerprint density at radius 2 is 1.88 bits per heavy atom. The number of hydrogen-bond donors (Lipinski definition) is 5. The van der Waals surface area contributed by atoms with E-state index < -0.39 is 37.3 Å². The highest BCUT2D eigenvalue weighted by Crippen LogP contribution is 2.21. The molecule has 1 aliphatic heterocycles. The van der Waals surface area contributed by atoms with Gasteiger partial charge in [-0.1, -0.05) is 0 Å². The summed E-state index contributed by atoms with van der Waals surface area (Å²) in [4.78, 5) is 0. The molecule has 1 rings (SSSR count). The maximum absolute atomic E-state index is 9.56. The number of aliphatic hydroxyl groups is 4. The van der Waals surface area contributed by atoms with Crippen molar-refractivity contribution < 1.29 is 29.9 Å². The van der Waals surface area contributed by atoms with Crippen molar-refractivity contribution in [2.24, 2.45) is 0 Å². The standard InChI is InChI=1S/C9H19NO6/c1-10-2-3-15-9-8(14)7(13)6(12)5(4-11)16-9/h5-14H,2-4H2,1H3/t5?,6-,7+,8?,9-/m1/s1. The molecule has 1 heterocycles. The normalized spacial score (nSPS) is 39.9. The molecule has 1 aliphatic rings. The monoisotopic (exact) mass is 237 g/mol. The van der Waals surface area contributed by atoms with Crippen molar-refractivity contribution in [1.29, 1.82) is 0 Å². The average Bonchev–Trinajstić information content (AvgIpc) is 2.29. The van der Waals surface area contributed by atoms with Gasteiger partial charge >= 0.3 is 0 Å². The Bertz CT molecular complexity index is 202. The Morgan fingerprint density at radius 3 is 2.44 bits per heavy atom. The zero-order valence-corrected chi connectivity index (χ0v) is 9.11. The first kappa shape index (κ1) is 13.8. The van der Waals surface area contributed by atoms with E-state index in [4.69, 9.17) is 14.6 Å². The first-order valence-corrected chi connectivity index (χ1v) is 5.18. The van der Waals surface area contributed by atoms with Crippen molar-refractivity contribution in [1.82, 2.24) is 5.32 Å². The molecule has 0 bridgehead atoms. The van der Waals surface area contributed by atoms with Crippen LogP contribution in [0.3, 0.4) is 0 Å². The zero-order chi connectivity index (χ0) is 12.1. The van der Waals surface area contributed by atoms with Crippen molar-refractivity contribution in [2.75, 3.05) is 26.8 Å². The van der Waals surface area contributed by atoms with E-state index in [1.807, 2.05) is 0 Å². The zero-order valence-electron chi connectivity index (χ0n) is 9.11. The quantitative estimate of drug-likeness (QED) is 0.324. The van der Waals surface area contributed by atoms with Crippen molar-refractivity contribution in [3.8, 4) is 0 Å². The van der Waals surface area contributed by atoms with Gasteiger partial charge in [-0.2, -0.15) is 0 Å². The lowest BCUT2D eigenvalue weighted by Crippen LogP contribution is -2.59. The lowest BCUT2D eigenvalue weighted by molar-refractivity contribution is -0.300. The predicted molar refractivity (Wildman–Crippen MR) is 53.6 cm³/mol. The summed E-state index contributed by atoms with van der Waals surface area (Å²) in [7, 11) is 1.75. The minimum Gasteiger partial charge on any atom is -0.394 e. The average molecular weight is 237 g/mol. The highest BCUT2D eigenvalue weighted by atomic mass is 16.7. The molecule has 0 radical (unpaired) electrons. The van der Waals surface area contributed by atoms with Gasteiger partial charge in [0.25, 0.3) is 0 Å². The SMILES string of the molecule is CNCCO[C@@H]1OC(CO)[C@@H](O)[C@H](O)C1O. The predicted octanol–water partition coefficient (Wildman–Crippen LogP) is -2.98. The first-order chi connectivity index (χ1) is 7.61. The third kappa shape index (κ3) is 3.11. The van der Waals surface area contributed by atoms with Crippen LogP contribution < -0.4 is 5.32 Å². The highest BCUT2D eigenvalue weighted by Gasteiger charge is 2.43. The third-order valence-corrected chi connectivity index (χ3v) is 2.48. The molecule has 0 aromatic rings. The molecule has 96 valence electrons. The van der Waals surface area contributed by atoms with Crippen LogP contribution >= 0.6 is 0 Å². The number of aliphatic hydroxyl groups excluding tert-OH is 4. The van der Waals surface area contributed by atoms with Gasteiger partial charge in [-0.05, 0) is 7.05 Å². The van der Waals surface area contributed by atoms with Gasteiger partial charge in [-0.15, -0.1) is 0 Å². The van der Waals surface area contributed by atoms with Crippen LogP contribution in [0.15, 0.2) is 0 Å². The van der Waals surface area contributed by atoms with Crippen LogP contribution in [0.2, 0.25) is 0 Å². The van der Waals surface area contributed by atoms with E-state index >= 15 is 0 Å². The summed E-state index contributed by atoms with van der Waals surface area (Å²) in [6, 6.07) is 0. The summed E-state index contributed by atoms with van der Waals surface area (Å²) in [6.07, 6.45) is -6.01. The topological polar surface area (TPSA) is 111 Å². The molecule has 5 N–H and O–H groups in total. The smallest absolute Gasteiger partial charge is 0.186 e. The fourth-order valence-electron chi connectivity index (χ4n) is 1.48. The summed E-state index contributed by atoms with van der Waals surface area (Å²) in [5.41, 5.74) is 0. The Balaban J connectivity index is 2.50. The van der Waals surface area contributed by atoms with Crippen LogP contribution in [0, 0.1) is 0 Å². The minimum atomic E-state index is -1.38. The van der Waals surface area contributed by atoms with Crippen LogP contribution in [-0.2, 0) is 9.47 Å². The number of hydrogen-bond acceptors (Lipinski definition) is 7. The van der Waals surface area contributed by atoms with Crippen LogP contribution in [0.5, 0.6) is 0 Å². The van der Waals surface area contributed by atoms with Crippen LogP contribution in [0.4, 0.5) is 0 Å². The molecule has 16 heavy (non-hydrogen) atoms. The van der Waals surface area contributed by atoms with Gasteiger partial charge in [-0.3, -0.25) is 0 Å². The molecule has 2 unspecified atom stereocenters. The molecule has 0 spiro atoms. The number of ether oxygens (including phenoxy) is 2. The number of likely N-dealkylation sites (N-methyl/N-ethyl adjacent to an activating group) is 1. The Kier molecular flexibility index (Phi) is 5.56. The van der Waals surface area contributed by atoms with Crippen LogP contribution in [0.1, 0.15) is 0 Å². The Hall–Kier alpha value is -0.280. The van der Waals surface area contributed by atoms with E-state index in [9.17, 15) is 15.3 Å².